The number of benzene rings is 1. The summed E-state index contributed by atoms with van der Waals surface area (Å²) in [4.78, 5) is 16.2. The third kappa shape index (κ3) is 2.85. The summed E-state index contributed by atoms with van der Waals surface area (Å²) in [5, 5.41) is 5.85. The molecule has 0 unspecified atom stereocenters. The summed E-state index contributed by atoms with van der Waals surface area (Å²) in [5.41, 5.74) is 2.29. The van der Waals surface area contributed by atoms with Crippen LogP contribution >= 0.6 is 0 Å². The van der Waals surface area contributed by atoms with E-state index in [-0.39, 0.29) is 5.91 Å². The predicted molar refractivity (Wildman–Crippen MR) is 71.4 cm³/mol. The van der Waals surface area contributed by atoms with Crippen LogP contribution in [-0.4, -0.2) is 17.9 Å². The normalized spacial score (nSPS) is 9.83. The summed E-state index contributed by atoms with van der Waals surface area (Å²) >= 11 is 0. The number of rotatable bonds is 4. The van der Waals surface area contributed by atoms with Gasteiger partial charge >= 0.3 is 0 Å². The molecule has 0 bridgehead atoms. The van der Waals surface area contributed by atoms with Crippen molar-refractivity contribution in [3.8, 4) is 0 Å². The van der Waals surface area contributed by atoms with Crippen LogP contribution in [0.25, 0.3) is 0 Å². The van der Waals surface area contributed by atoms with Gasteiger partial charge in [0.2, 0.25) is 0 Å². The van der Waals surface area contributed by atoms with Crippen molar-refractivity contribution < 1.29 is 4.79 Å². The molecule has 2 rings (SSSR count). The SMILES string of the molecule is CNc1ccccc1C(=O)NCc1ccccn1. The second-order valence-electron chi connectivity index (χ2n) is 3.80. The van der Waals surface area contributed by atoms with E-state index in [0.717, 1.165) is 11.4 Å². The monoisotopic (exact) mass is 241 g/mol. The van der Waals surface area contributed by atoms with Crippen LogP contribution in [0.3, 0.4) is 0 Å². The Morgan fingerprint density at radius 1 is 1.17 bits per heavy atom. The van der Waals surface area contributed by atoms with Gasteiger partial charge in [-0.1, -0.05) is 18.2 Å². The van der Waals surface area contributed by atoms with Crippen molar-refractivity contribution in [2.45, 2.75) is 6.54 Å². The summed E-state index contributed by atoms with van der Waals surface area (Å²) in [6.07, 6.45) is 1.71. The molecule has 0 aliphatic heterocycles. The van der Waals surface area contributed by atoms with Crippen LogP contribution in [0.4, 0.5) is 5.69 Å². The van der Waals surface area contributed by atoms with Crippen LogP contribution in [0.15, 0.2) is 48.7 Å². The molecule has 1 aromatic carbocycles. The third-order valence-electron chi connectivity index (χ3n) is 2.60. The Labute approximate surface area is 106 Å². The molecule has 0 saturated heterocycles. The number of carbonyl (C=O) groups excluding carboxylic acids is 1. The molecular weight excluding hydrogens is 226 g/mol. The zero-order valence-electron chi connectivity index (χ0n) is 10.2. The second-order valence-corrected chi connectivity index (χ2v) is 3.80. The van der Waals surface area contributed by atoms with Gasteiger partial charge in [0.1, 0.15) is 0 Å². The zero-order valence-corrected chi connectivity index (χ0v) is 10.2. The van der Waals surface area contributed by atoms with Gasteiger partial charge in [0.25, 0.3) is 5.91 Å². The van der Waals surface area contributed by atoms with Gasteiger partial charge in [-0.2, -0.15) is 0 Å². The van der Waals surface area contributed by atoms with Gasteiger partial charge in [0, 0.05) is 18.9 Å². The minimum Gasteiger partial charge on any atom is -0.387 e. The van der Waals surface area contributed by atoms with Crippen LogP contribution in [-0.2, 0) is 6.54 Å². The minimum atomic E-state index is -0.106. The second kappa shape index (κ2) is 5.82. The summed E-state index contributed by atoms with van der Waals surface area (Å²) in [6.45, 7) is 0.428. The largest absolute Gasteiger partial charge is 0.387 e. The molecule has 18 heavy (non-hydrogen) atoms. The topological polar surface area (TPSA) is 54.0 Å². The highest BCUT2D eigenvalue weighted by atomic mass is 16.1. The molecule has 4 heteroatoms. The number of anilines is 1. The van der Waals surface area contributed by atoms with Crippen molar-refractivity contribution in [2.24, 2.45) is 0 Å². The van der Waals surface area contributed by atoms with Gasteiger partial charge in [-0.3, -0.25) is 9.78 Å². The highest BCUT2D eigenvalue weighted by Crippen LogP contribution is 2.13. The van der Waals surface area contributed by atoms with Gasteiger partial charge in [-0.05, 0) is 24.3 Å². The van der Waals surface area contributed by atoms with E-state index in [0.29, 0.717) is 12.1 Å². The van der Waals surface area contributed by atoms with Crippen LogP contribution in [0.5, 0.6) is 0 Å². The molecule has 92 valence electrons. The van der Waals surface area contributed by atoms with Crippen molar-refractivity contribution >= 4 is 11.6 Å². The van der Waals surface area contributed by atoms with E-state index < -0.39 is 0 Å². The van der Waals surface area contributed by atoms with Gasteiger partial charge < -0.3 is 10.6 Å². The number of hydrogen-bond donors (Lipinski definition) is 2. The lowest BCUT2D eigenvalue weighted by atomic mass is 10.1. The Morgan fingerprint density at radius 3 is 2.67 bits per heavy atom. The fourth-order valence-corrected chi connectivity index (χ4v) is 1.67. The number of pyridine rings is 1. The van der Waals surface area contributed by atoms with Crippen LogP contribution in [0, 0.1) is 0 Å². The van der Waals surface area contributed by atoms with Gasteiger partial charge in [0.15, 0.2) is 0 Å². The van der Waals surface area contributed by atoms with Gasteiger partial charge in [-0.15, -0.1) is 0 Å². The van der Waals surface area contributed by atoms with E-state index in [4.69, 9.17) is 0 Å². The lowest BCUT2D eigenvalue weighted by molar-refractivity contribution is 0.0951. The molecule has 2 aromatic rings. The van der Waals surface area contributed by atoms with Gasteiger partial charge in [-0.25, -0.2) is 0 Å². The maximum absolute atomic E-state index is 12.0. The molecule has 2 N–H and O–H groups in total. The molecule has 0 radical (unpaired) electrons. The number of amides is 1. The van der Waals surface area contributed by atoms with E-state index in [1.54, 1.807) is 19.3 Å². The highest BCUT2D eigenvalue weighted by molar-refractivity contribution is 5.99. The van der Waals surface area contributed by atoms with E-state index in [1.165, 1.54) is 0 Å². The van der Waals surface area contributed by atoms with Crippen LogP contribution in [0.1, 0.15) is 16.1 Å². The molecule has 0 saturated carbocycles. The number of para-hydroxylation sites is 1. The average molecular weight is 241 g/mol. The van der Waals surface area contributed by atoms with E-state index in [2.05, 4.69) is 15.6 Å². The Kier molecular flexibility index (Phi) is 3.91. The summed E-state index contributed by atoms with van der Waals surface area (Å²) in [7, 11) is 1.80. The van der Waals surface area contributed by atoms with E-state index in [9.17, 15) is 4.79 Å². The maximum atomic E-state index is 12.0. The highest BCUT2D eigenvalue weighted by Gasteiger charge is 2.09. The quantitative estimate of drug-likeness (QED) is 0.861. The first kappa shape index (κ1) is 12.1. The standard InChI is InChI=1S/C14H15N3O/c1-15-13-8-3-2-7-12(13)14(18)17-10-11-6-4-5-9-16-11/h2-9,15H,10H2,1H3,(H,17,18). The molecule has 0 aliphatic carbocycles. The predicted octanol–water partition coefficient (Wildman–Crippen LogP) is 2.05. The van der Waals surface area contributed by atoms with E-state index >= 15 is 0 Å². The van der Waals surface area contributed by atoms with Crippen molar-refractivity contribution in [3.05, 3.63) is 59.9 Å². The molecule has 1 amide bonds. The summed E-state index contributed by atoms with van der Waals surface area (Å²) in [6, 6.07) is 13.0. The molecule has 0 atom stereocenters. The van der Waals surface area contributed by atoms with Crippen molar-refractivity contribution in [1.29, 1.82) is 0 Å². The zero-order chi connectivity index (χ0) is 12.8. The Morgan fingerprint density at radius 2 is 1.94 bits per heavy atom. The van der Waals surface area contributed by atoms with E-state index in [1.807, 2.05) is 36.4 Å². The first-order chi connectivity index (χ1) is 8.81. The van der Waals surface area contributed by atoms with Gasteiger partial charge in [0.05, 0.1) is 17.8 Å². The fraction of sp³-hybridized carbons (Fsp3) is 0.143. The first-order valence-electron chi connectivity index (χ1n) is 5.76. The van der Waals surface area contributed by atoms with Crippen molar-refractivity contribution in [3.63, 3.8) is 0 Å². The van der Waals surface area contributed by atoms with Crippen LogP contribution < -0.4 is 10.6 Å². The lowest BCUT2D eigenvalue weighted by Gasteiger charge is -2.09. The molecule has 4 nitrogen and oxygen atoms in total. The van der Waals surface area contributed by atoms with Crippen molar-refractivity contribution in [1.82, 2.24) is 10.3 Å². The third-order valence-corrected chi connectivity index (χ3v) is 2.60. The van der Waals surface area contributed by atoms with Crippen LogP contribution in [0.2, 0.25) is 0 Å². The van der Waals surface area contributed by atoms with Crippen molar-refractivity contribution in [2.75, 3.05) is 12.4 Å². The Bertz CT molecular complexity index is 526. The first-order valence-corrected chi connectivity index (χ1v) is 5.76. The molecule has 0 aliphatic rings. The number of nitrogens with one attached hydrogen (secondary N) is 2. The Balaban J connectivity index is 2.04. The summed E-state index contributed by atoms with van der Waals surface area (Å²) in [5.74, 6) is -0.106. The lowest BCUT2D eigenvalue weighted by Crippen LogP contribution is -2.24. The number of aromatic nitrogens is 1. The smallest absolute Gasteiger partial charge is 0.253 e. The number of nitrogens with zero attached hydrogens (tertiary/aromatic N) is 1. The molecule has 1 heterocycles. The minimum absolute atomic E-state index is 0.106. The Hall–Kier alpha value is -2.36. The molecule has 0 spiro atoms. The fourth-order valence-electron chi connectivity index (χ4n) is 1.67. The average Bonchev–Trinajstić information content (AvgIpc) is 2.45. The number of hydrogen-bond acceptors (Lipinski definition) is 3. The summed E-state index contributed by atoms with van der Waals surface area (Å²) < 4.78 is 0. The molecular formula is C14H15N3O. The molecule has 1 aromatic heterocycles. The molecule has 0 fully saturated rings. The maximum Gasteiger partial charge on any atom is 0.253 e. The number of carbonyl (C=O) groups is 1.